The smallest absolute Gasteiger partial charge is 0.335 e. The molecule has 0 heterocycles. The number of allylic oxidation sites excluding steroid dienone is 1. The fraction of sp³-hybridized carbons (Fsp3) is 0. The van der Waals surface area contributed by atoms with Gasteiger partial charge in [0.1, 0.15) is 11.5 Å². The van der Waals surface area contributed by atoms with Gasteiger partial charge in [-0.05, 0) is 18.2 Å². The number of phenols is 1. The van der Waals surface area contributed by atoms with Gasteiger partial charge in [-0.15, -0.1) is 12.1 Å². The van der Waals surface area contributed by atoms with Crippen LogP contribution in [0.25, 0.3) is 5.57 Å². The summed E-state index contributed by atoms with van der Waals surface area (Å²) in [6.07, 6.45) is 0. The minimum atomic E-state index is -1.16. The van der Waals surface area contributed by atoms with Crippen molar-refractivity contribution in [1.29, 1.82) is 0 Å². The predicted molar refractivity (Wildman–Crippen MR) is 92.5 cm³/mol. The first-order chi connectivity index (χ1) is 11.5. The van der Waals surface area contributed by atoms with Crippen molar-refractivity contribution >= 4 is 17.3 Å². The fourth-order valence-corrected chi connectivity index (χ4v) is 2.04. The van der Waals surface area contributed by atoms with Crippen LogP contribution in [0.4, 0.5) is 0 Å². The molecule has 0 atom stereocenters. The van der Waals surface area contributed by atoms with Crippen LogP contribution in [0.3, 0.4) is 0 Å². The van der Waals surface area contributed by atoms with Crippen molar-refractivity contribution in [3.8, 4) is 5.75 Å². The molecule has 134 valence electrons. The van der Waals surface area contributed by atoms with Gasteiger partial charge in [-0.1, -0.05) is 11.1 Å². The zero-order chi connectivity index (χ0) is 17.5. The molecule has 0 spiro atoms. The molecule has 0 aliphatic rings. The Morgan fingerprint density at radius 3 is 2.00 bits per heavy atom. The summed E-state index contributed by atoms with van der Waals surface area (Å²) >= 11 is 0. The van der Waals surface area contributed by atoms with Crippen LogP contribution in [-0.4, -0.2) is 22.0 Å². The summed E-state index contributed by atoms with van der Waals surface area (Å²) in [6, 6.07) is 20.5. The van der Waals surface area contributed by atoms with Gasteiger partial charge in [-0.25, -0.2) is 4.79 Å². The first-order valence-corrected chi connectivity index (χ1v) is 7.19. The molecule has 0 amide bonds. The van der Waals surface area contributed by atoms with Crippen LogP contribution in [0.1, 0.15) is 26.3 Å². The monoisotopic (exact) mass is 376 g/mol. The van der Waals surface area contributed by atoms with Gasteiger partial charge in [0.05, 0.1) is 5.56 Å². The van der Waals surface area contributed by atoms with Crippen molar-refractivity contribution in [1.82, 2.24) is 0 Å². The standard InChI is InChI=1S/C15H11O4.C5H5.Fe/c1-9(10-4-2-3-5-10)14(17)12-8-11(15(18)19)6-7-13(12)16;1-2-4-5-3-1;/h2-8,16H,1H2,(H,18,19);1-5H;/q-1;-5;. The van der Waals surface area contributed by atoms with Gasteiger partial charge >= 0.3 is 5.97 Å². The van der Waals surface area contributed by atoms with E-state index in [9.17, 15) is 14.7 Å². The number of rotatable bonds is 4. The Bertz CT molecular complexity index is 814. The van der Waals surface area contributed by atoms with Gasteiger partial charge in [0, 0.05) is 22.6 Å². The number of carboxylic acid groups (broad SMARTS) is 1. The zero-order valence-corrected chi connectivity index (χ0v) is 14.3. The molecule has 3 rings (SSSR count). The molecule has 0 radical (unpaired) electrons. The van der Waals surface area contributed by atoms with E-state index in [4.69, 9.17) is 5.11 Å². The number of Topliss-reactive ketones (excluding diaryl/α,β-unsaturated/α-hetero) is 1. The van der Waals surface area contributed by atoms with Crippen molar-refractivity contribution in [2.45, 2.75) is 0 Å². The Kier molecular flexibility index (Phi) is 7.60. The van der Waals surface area contributed by atoms with E-state index >= 15 is 0 Å². The number of carboxylic acids is 1. The van der Waals surface area contributed by atoms with Crippen molar-refractivity contribution in [3.05, 3.63) is 96.1 Å². The quantitative estimate of drug-likeness (QED) is 0.311. The third-order valence-corrected chi connectivity index (χ3v) is 3.33. The van der Waals surface area contributed by atoms with E-state index in [1.807, 2.05) is 30.3 Å². The molecule has 0 aliphatic carbocycles. The second kappa shape index (κ2) is 9.42. The number of aromatic hydroxyl groups is 1. The zero-order valence-electron chi connectivity index (χ0n) is 13.2. The number of ketones is 1. The molecule has 0 aliphatic heterocycles. The molecule has 0 fully saturated rings. The van der Waals surface area contributed by atoms with Crippen LogP contribution >= 0.6 is 0 Å². The molecule has 0 unspecified atom stereocenters. The van der Waals surface area contributed by atoms with Gasteiger partial charge in [-0.2, -0.15) is 18.7 Å². The van der Waals surface area contributed by atoms with Crippen LogP contribution in [0.2, 0.25) is 0 Å². The van der Waals surface area contributed by atoms with Crippen LogP contribution in [0.15, 0.2) is 79.4 Å². The number of phenolic OH excluding ortho intramolecular Hbond substituents is 1. The Morgan fingerprint density at radius 1 is 1.00 bits per heavy atom. The maximum Gasteiger partial charge on any atom is 0.335 e. The largest absolute Gasteiger partial charge is 0.748 e. The summed E-state index contributed by atoms with van der Waals surface area (Å²) < 4.78 is 0. The second-order valence-corrected chi connectivity index (χ2v) is 4.98. The van der Waals surface area contributed by atoms with Crippen molar-refractivity contribution in [2.75, 3.05) is 0 Å². The van der Waals surface area contributed by atoms with Gasteiger partial charge in [0.25, 0.3) is 0 Å². The summed E-state index contributed by atoms with van der Waals surface area (Å²) in [7, 11) is 0. The molecule has 5 heteroatoms. The minimum Gasteiger partial charge on any atom is -0.748 e. The van der Waals surface area contributed by atoms with Gasteiger partial charge in [0.15, 0.2) is 0 Å². The molecular weight excluding hydrogens is 360 g/mol. The predicted octanol–water partition coefficient (Wildman–Crippen LogP) is 4.11. The average molecular weight is 376 g/mol. The summed E-state index contributed by atoms with van der Waals surface area (Å²) in [6.45, 7) is 3.68. The van der Waals surface area contributed by atoms with E-state index in [0.717, 1.165) is 6.07 Å². The number of benzene rings is 1. The Balaban J connectivity index is 0.000000448. The average Bonchev–Trinajstić information content (AvgIpc) is 3.29. The van der Waals surface area contributed by atoms with E-state index in [-0.39, 0.29) is 39.5 Å². The van der Waals surface area contributed by atoms with Crippen LogP contribution in [-0.2, 0) is 17.1 Å². The fourth-order valence-electron chi connectivity index (χ4n) is 2.04. The SMILES string of the molecule is C=C(C(=O)c1cc(C(=O)O)ccc1O)[c-]1cccc1.[Fe].[cH-]1[cH-][cH-][cH-][cH-]1. The first-order valence-electron chi connectivity index (χ1n) is 7.19. The molecule has 4 nitrogen and oxygen atoms in total. The molecule has 25 heavy (non-hydrogen) atoms. The summed E-state index contributed by atoms with van der Waals surface area (Å²) in [4.78, 5) is 23.1. The number of carbonyl (C=O) groups is 2. The van der Waals surface area contributed by atoms with Crippen LogP contribution in [0.5, 0.6) is 5.75 Å². The maximum absolute atomic E-state index is 12.2. The third kappa shape index (κ3) is 5.31. The van der Waals surface area contributed by atoms with Crippen LogP contribution in [0, 0.1) is 0 Å². The second-order valence-electron chi connectivity index (χ2n) is 4.98. The van der Waals surface area contributed by atoms with E-state index < -0.39 is 11.8 Å². The number of hydrogen-bond acceptors (Lipinski definition) is 3. The van der Waals surface area contributed by atoms with Crippen molar-refractivity contribution in [3.63, 3.8) is 0 Å². The third-order valence-electron chi connectivity index (χ3n) is 3.33. The van der Waals surface area contributed by atoms with E-state index in [1.165, 1.54) is 12.1 Å². The summed E-state index contributed by atoms with van der Waals surface area (Å²) in [5.41, 5.74) is 0.732. The van der Waals surface area contributed by atoms with Crippen LogP contribution < -0.4 is 0 Å². The normalized spacial score (nSPS) is 9.28. The minimum absolute atomic E-state index is 0. The number of hydrogen-bond donors (Lipinski definition) is 2. The molecule has 2 N–H and O–H groups in total. The van der Waals surface area contributed by atoms with Gasteiger partial charge < -0.3 is 45.3 Å². The number of carbonyl (C=O) groups excluding carboxylic acids is 1. The molecule has 0 bridgehead atoms. The van der Waals surface area contributed by atoms with Crippen molar-refractivity contribution < 1.29 is 36.9 Å². The Morgan fingerprint density at radius 2 is 1.52 bits per heavy atom. The number of aromatic carboxylic acids is 1. The van der Waals surface area contributed by atoms with Gasteiger partial charge in [-0.3, -0.25) is 0 Å². The van der Waals surface area contributed by atoms with E-state index in [0.29, 0.717) is 5.56 Å². The maximum atomic E-state index is 12.2. The first kappa shape index (κ1) is 20.2. The molecule has 0 aromatic heterocycles. The van der Waals surface area contributed by atoms with E-state index in [2.05, 4.69) is 6.58 Å². The topological polar surface area (TPSA) is 74.6 Å². The molecule has 3 aromatic carbocycles. The Hall–Kier alpha value is -2.88. The van der Waals surface area contributed by atoms with Gasteiger partial charge in [0.2, 0.25) is 0 Å². The Labute approximate surface area is 156 Å². The van der Waals surface area contributed by atoms with E-state index in [1.54, 1.807) is 24.3 Å². The molecule has 0 saturated carbocycles. The molecule has 0 saturated heterocycles. The summed E-state index contributed by atoms with van der Waals surface area (Å²) in [5.74, 6) is -1.91. The molecule has 3 aromatic rings. The van der Waals surface area contributed by atoms with Crippen molar-refractivity contribution in [2.24, 2.45) is 0 Å². The summed E-state index contributed by atoms with van der Waals surface area (Å²) in [5, 5.41) is 18.6. The molecular formula is C20H16FeO4-6.